The number of carbonyl (C=O) groups is 1. The van der Waals surface area contributed by atoms with Crippen molar-refractivity contribution in [3.8, 4) is 0 Å². The predicted octanol–water partition coefficient (Wildman–Crippen LogP) is 3.14. The molecule has 1 N–H and O–H groups in total. The molecule has 1 unspecified atom stereocenters. The molecule has 1 atom stereocenters. The van der Waals surface area contributed by atoms with Crippen LogP contribution in [0.2, 0.25) is 0 Å². The lowest BCUT2D eigenvalue weighted by atomic mass is 10.0. The van der Waals surface area contributed by atoms with Crippen molar-refractivity contribution >= 4 is 5.97 Å². The van der Waals surface area contributed by atoms with E-state index in [9.17, 15) is 4.79 Å². The van der Waals surface area contributed by atoms with E-state index in [1.165, 1.54) is 0 Å². The molecule has 1 rings (SSSR count). The minimum atomic E-state index is -0.150. The molecule has 0 radical (unpaired) electrons. The highest BCUT2D eigenvalue weighted by atomic mass is 16.5. The maximum atomic E-state index is 11.9. The van der Waals surface area contributed by atoms with Gasteiger partial charge in [0.25, 0.3) is 0 Å². The fourth-order valence-corrected chi connectivity index (χ4v) is 1.51. The fraction of sp³-hybridized carbons (Fsp3) is 0.562. The van der Waals surface area contributed by atoms with Gasteiger partial charge in [-0.2, -0.15) is 0 Å². The average Bonchev–Trinajstić information content (AvgIpc) is 2.43. The zero-order chi connectivity index (χ0) is 14.3. The number of hydrogen-bond donors (Lipinski definition) is 1. The lowest BCUT2D eigenvalue weighted by Gasteiger charge is -2.26. The van der Waals surface area contributed by atoms with Crippen molar-refractivity contribution in [2.75, 3.05) is 6.54 Å². The summed E-state index contributed by atoms with van der Waals surface area (Å²) in [6.45, 7) is 9.29. The van der Waals surface area contributed by atoms with Crippen LogP contribution in [0.3, 0.4) is 0 Å². The van der Waals surface area contributed by atoms with Crippen LogP contribution in [0.4, 0.5) is 0 Å². The average molecular weight is 263 g/mol. The van der Waals surface area contributed by atoms with Gasteiger partial charge in [-0.15, -0.1) is 0 Å². The Bertz CT molecular complexity index is 387. The van der Waals surface area contributed by atoms with Crippen molar-refractivity contribution in [1.29, 1.82) is 0 Å². The zero-order valence-electron chi connectivity index (χ0n) is 12.4. The summed E-state index contributed by atoms with van der Waals surface area (Å²) in [7, 11) is 0. The molecule has 0 aliphatic rings. The molecule has 0 aliphatic carbocycles. The molecule has 1 aromatic rings. The normalized spacial score (nSPS) is 13.1. The van der Waals surface area contributed by atoms with Gasteiger partial charge in [-0.3, -0.25) is 4.79 Å². The van der Waals surface area contributed by atoms with Crippen molar-refractivity contribution in [3.63, 3.8) is 0 Å². The van der Waals surface area contributed by atoms with E-state index in [2.05, 4.69) is 26.1 Å². The van der Waals surface area contributed by atoms with Gasteiger partial charge in [-0.25, -0.2) is 0 Å². The highest BCUT2D eigenvalue weighted by molar-refractivity contribution is 5.72. The van der Waals surface area contributed by atoms with Crippen LogP contribution in [-0.4, -0.2) is 18.1 Å². The molecular formula is C16H25NO2. The first-order valence-corrected chi connectivity index (χ1v) is 6.90. The third-order valence-corrected chi connectivity index (χ3v) is 3.40. The fourth-order valence-electron chi connectivity index (χ4n) is 1.51. The van der Waals surface area contributed by atoms with Crippen LogP contribution in [0.15, 0.2) is 30.3 Å². The van der Waals surface area contributed by atoms with E-state index < -0.39 is 0 Å². The van der Waals surface area contributed by atoms with Crippen molar-refractivity contribution < 1.29 is 9.53 Å². The molecule has 0 spiro atoms. The number of hydrogen-bond acceptors (Lipinski definition) is 3. The van der Waals surface area contributed by atoms with Gasteiger partial charge in [-0.05, 0) is 25.8 Å². The quantitative estimate of drug-likeness (QED) is 0.768. The standard InChI is InChI=1S/C16H25NO2/c1-5-16(3,4)17-11-13(2)15(18)19-12-14-9-7-6-8-10-14/h6-10,13,17H,5,11-12H2,1-4H3. The third kappa shape index (κ3) is 5.88. The second-order valence-electron chi connectivity index (χ2n) is 5.61. The second-order valence-corrected chi connectivity index (χ2v) is 5.61. The number of nitrogens with one attached hydrogen (secondary N) is 1. The van der Waals surface area contributed by atoms with E-state index in [4.69, 9.17) is 4.74 Å². The lowest BCUT2D eigenvalue weighted by molar-refractivity contribution is -0.149. The summed E-state index contributed by atoms with van der Waals surface area (Å²) in [6.07, 6.45) is 1.03. The maximum absolute atomic E-state index is 11.9. The highest BCUT2D eigenvalue weighted by Crippen LogP contribution is 2.09. The Morgan fingerprint density at radius 2 is 1.95 bits per heavy atom. The maximum Gasteiger partial charge on any atom is 0.310 e. The molecule has 0 aliphatic heterocycles. The van der Waals surface area contributed by atoms with Crippen molar-refractivity contribution in [2.45, 2.75) is 46.3 Å². The Kier molecular flexibility index (Phi) is 6.03. The summed E-state index contributed by atoms with van der Waals surface area (Å²) in [5.74, 6) is -0.280. The Balaban J connectivity index is 2.33. The van der Waals surface area contributed by atoms with Gasteiger partial charge >= 0.3 is 5.97 Å². The lowest BCUT2D eigenvalue weighted by Crippen LogP contribution is -2.42. The first-order valence-electron chi connectivity index (χ1n) is 6.90. The Morgan fingerprint density at radius 3 is 2.53 bits per heavy atom. The van der Waals surface area contributed by atoms with Crippen molar-refractivity contribution in [1.82, 2.24) is 5.32 Å². The molecule has 0 heterocycles. The number of benzene rings is 1. The minimum absolute atomic E-state index is 0.0635. The van der Waals surface area contributed by atoms with E-state index >= 15 is 0 Å². The summed E-state index contributed by atoms with van der Waals surface area (Å²) in [6, 6.07) is 9.74. The largest absolute Gasteiger partial charge is 0.461 e. The van der Waals surface area contributed by atoms with Crippen LogP contribution in [0.5, 0.6) is 0 Å². The Morgan fingerprint density at radius 1 is 1.32 bits per heavy atom. The van der Waals surface area contributed by atoms with E-state index in [1.54, 1.807) is 0 Å². The van der Waals surface area contributed by atoms with Crippen molar-refractivity contribution in [2.24, 2.45) is 5.92 Å². The van der Waals surface area contributed by atoms with Gasteiger partial charge in [0.1, 0.15) is 6.61 Å². The number of ether oxygens (including phenoxy) is 1. The number of esters is 1. The third-order valence-electron chi connectivity index (χ3n) is 3.40. The summed E-state index contributed by atoms with van der Waals surface area (Å²) >= 11 is 0. The topological polar surface area (TPSA) is 38.3 Å². The van der Waals surface area contributed by atoms with Crippen LogP contribution in [0, 0.1) is 5.92 Å². The van der Waals surface area contributed by atoms with E-state index in [1.807, 2.05) is 37.3 Å². The van der Waals surface area contributed by atoms with Crippen molar-refractivity contribution in [3.05, 3.63) is 35.9 Å². The Hall–Kier alpha value is -1.35. The molecule has 0 bridgehead atoms. The van der Waals surface area contributed by atoms with E-state index in [0.717, 1.165) is 12.0 Å². The first kappa shape index (κ1) is 15.7. The van der Waals surface area contributed by atoms with Gasteiger partial charge in [0.2, 0.25) is 0 Å². The smallest absolute Gasteiger partial charge is 0.310 e. The predicted molar refractivity (Wildman–Crippen MR) is 77.8 cm³/mol. The summed E-state index contributed by atoms with van der Waals surface area (Å²) in [5.41, 5.74) is 1.08. The molecule has 1 aromatic carbocycles. The molecule has 3 nitrogen and oxygen atoms in total. The number of rotatable bonds is 7. The van der Waals surface area contributed by atoms with E-state index in [0.29, 0.717) is 13.2 Å². The monoisotopic (exact) mass is 263 g/mol. The van der Waals surface area contributed by atoms with Gasteiger partial charge in [0, 0.05) is 12.1 Å². The van der Waals surface area contributed by atoms with Gasteiger partial charge in [-0.1, -0.05) is 44.2 Å². The van der Waals surface area contributed by atoms with Crippen LogP contribution in [0.25, 0.3) is 0 Å². The molecule has 0 saturated carbocycles. The molecule has 0 fully saturated rings. The van der Waals surface area contributed by atoms with Crippen LogP contribution < -0.4 is 5.32 Å². The van der Waals surface area contributed by atoms with Gasteiger partial charge in [0.15, 0.2) is 0 Å². The second kappa shape index (κ2) is 7.29. The molecule has 19 heavy (non-hydrogen) atoms. The zero-order valence-corrected chi connectivity index (χ0v) is 12.4. The van der Waals surface area contributed by atoms with Crippen LogP contribution in [0.1, 0.15) is 39.7 Å². The molecular weight excluding hydrogens is 238 g/mol. The SMILES string of the molecule is CCC(C)(C)NCC(C)C(=O)OCc1ccccc1. The molecule has 106 valence electrons. The molecule has 0 amide bonds. The molecule has 0 aromatic heterocycles. The summed E-state index contributed by atoms with van der Waals surface area (Å²) in [5, 5.41) is 3.39. The van der Waals surface area contributed by atoms with Crippen LogP contribution in [-0.2, 0) is 16.1 Å². The molecule has 0 saturated heterocycles. The highest BCUT2D eigenvalue weighted by Gasteiger charge is 2.19. The number of carbonyl (C=O) groups excluding carboxylic acids is 1. The van der Waals surface area contributed by atoms with E-state index in [-0.39, 0.29) is 17.4 Å². The van der Waals surface area contributed by atoms with Crippen LogP contribution >= 0.6 is 0 Å². The summed E-state index contributed by atoms with van der Waals surface area (Å²) < 4.78 is 5.31. The first-order chi connectivity index (χ1) is 8.94. The van der Waals surface area contributed by atoms with Gasteiger partial charge in [0.05, 0.1) is 5.92 Å². The Labute approximate surface area is 116 Å². The van der Waals surface area contributed by atoms with Gasteiger partial charge < -0.3 is 10.1 Å². The molecule has 3 heteroatoms. The minimum Gasteiger partial charge on any atom is -0.461 e. The summed E-state index contributed by atoms with van der Waals surface area (Å²) in [4.78, 5) is 11.9.